The molecule has 8 nitrogen and oxygen atoms in total. The van der Waals surface area contributed by atoms with Crippen LogP contribution < -0.4 is 5.32 Å². The Bertz CT molecular complexity index is 899. The van der Waals surface area contributed by atoms with Gasteiger partial charge in [0.05, 0.1) is 24.5 Å². The van der Waals surface area contributed by atoms with E-state index < -0.39 is 35.6 Å². The van der Waals surface area contributed by atoms with Gasteiger partial charge in [-0.3, -0.25) is 14.4 Å². The zero-order valence-corrected chi connectivity index (χ0v) is 21.0. The van der Waals surface area contributed by atoms with Crippen LogP contribution in [0.2, 0.25) is 0 Å². The fourth-order valence-corrected chi connectivity index (χ4v) is 6.75. The molecule has 0 saturated carbocycles. The number of ether oxygens (including phenoxy) is 2. The number of hydrogen-bond donors (Lipinski definition) is 2. The molecule has 186 valence electrons. The molecule has 1 unspecified atom stereocenters. The molecule has 3 aliphatic rings. The number of hydrogen-bond acceptors (Lipinski definition) is 6. The van der Waals surface area contributed by atoms with E-state index in [1.807, 2.05) is 30.3 Å². The van der Waals surface area contributed by atoms with E-state index in [-0.39, 0.29) is 29.9 Å². The molecule has 3 heterocycles. The highest BCUT2D eigenvalue weighted by Gasteiger charge is 2.76. The average Bonchev–Trinajstić information content (AvgIpc) is 3.42. The average molecular weight is 537 g/mol. The quantitative estimate of drug-likeness (QED) is 0.255. The first kappa shape index (κ1) is 25.1. The number of nitrogens with zero attached hydrogens (tertiary/aromatic N) is 1. The summed E-state index contributed by atoms with van der Waals surface area (Å²) >= 11 is 3.64. The normalized spacial score (nSPS) is 31.6. The predicted molar refractivity (Wildman–Crippen MR) is 128 cm³/mol. The molecule has 0 aromatic heterocycles. The van der Waals surface area contributed by atoms with Crippen LogP contribution in [0.4, 0.5) is 0 Å². The molecular weight excluding hydrogens is 504 g/mol. The Balaban J connectivity index is 1.59. The number of nitrogens with one attached hydrogen (secondary N) is 1. The Morgan fingerprint density at radius 1 is 1.24 bits per heavy atom. The van der Waals surface area contributed by atoms with Gasteiger partial charge in [-0.2, -0.15) is 0 Å². The molecule has 3 aliphatic heterocycles. The zero-order chi connectivity index (χ0) is 24.3. The second-order valence-corrected chi connectivity index (χ2v) is 10.5. The van der Waals surface area contributed by atoms with Gasteiger partial charge in [-0.05, 0) is 31.7 Å². The molecule has 9 heteroatoms. The minimum absolute atomic E-state index is 0.139. The van der Waals surface area contributed by atoms with E-state index in [9.17, 15) is 14.4 Å². The van der Waals surface area contributed by atoms with Crippen LogP contribution in [0.3, 0.4) is 0 Å². The van der Waals surface area contributed by atoms with Gasteiger partial charge in [-0.1, -0.05) is 59.1 Å². The van der Waals surface area contributed by atoms with Crippen molar-refractivity contribution in [2.45, 2.75) is 68.1 Å². The molecule has 2 amide bonds. The molecule has 6 atom stereocenters. The van der Waals surface area contributed by atoms with Gasteiger partial charge < -0.3 is 24.8 Å². The van der Waals surface area contributed by atoms with Crippen molar-refractivity contribution < 1.29 is 29.0 Å². The van der Waals surface area contributed by atoms with Crippen molar-refractivity contribution in [3.05, 3.63) is 35.9 Å². The summed E-state index contributed by atoms with van der Waals surface area (Å²) in [7, 11) is 0. The van der Waals surface area contributed by atoms with Crippen molar-refractivity contribution in [1.29, 1.82) is 0 Å². The molecular formula is C25H33BrN2O6. The Morgan fingerprint density at radius 3 is 2.68 bits per heavy atom. The summed E-state index contributed by atoms with van der Waals surface area (Å²) < 4.78 is 11.7. The van der Waals surface area contributed by atoms with Crippen LogP contribution in [0.15, 0.2) is 30.3 Å². The largest absolute Gasteiger partial charge is 0.466 e. The van der Waals surface area contributed by atoms with Gasteiger partial charge in [0.1, 0.15) is 11.6 Å². The molecule has 2 N–H and O–H groups in total. The first-order valence-electron chi connectivity index (χ1n) is 12.2. The van der Waals surface area contributed by atoms with Crippen LogP contribution in [-0.4, -0.2) is 70.1 Å². The second-order valence-electron chi connectivity index (χ2n) is 9.29. The zero-order valence-electron chi connectivity index (χ0n) is 19.5. The molecule has 1 spiro atoms. The van der Waals surface area contributed by atoms with Gasteiger partial charge >= 0.3 is 5.97 Å². The SMILES string of the molecule is CCOC(=O)[C@@H]1[C@H]2O[C@@]3(CC2Br)[C@H](C(=O)NCc2ccccc2)N(CCCCCCO)C(=O)[C@@H]13. The topological polar surface area (TPSA) is 105 Å². The number of aliphatic hydroxyl groups is 1. The fraction of sp³-hybridized carbons (Fsp3) is 0.640. The number of halogens is 1. The van der Waals surface area contributed by atoms with Crippen LogP contribution in [0.5, 0.6) is 0 Å². The molecule has 3 fully saturated rings. The third-order valence-corrected chi connectivity index (χ3v) is 8.06. The van der Waals surface area contributed by atoms with E-state index in [2.05, 4.69) is 21.2 Å². The van der Waals surface area contributed by atoms with Gasteiger partial charge in [-0.25, -0.2) is 0 Å². The number of fused-ring (bicyclic) bond motifs is 1. The number of carbonyl (C=O) groups is 3. The van der Waals surface area contributed by atoms with E-state index in [4.69, 9.17) is 14.6 Å². The molecule has 34 heavy (non-hydrogen) atoms. The van der Waals surface area contributed by atoms with Crippen LogP contribution in [-0.2, 0) is 30.4 Å². The highest BCUT2D eigenvalue weighted by Crippen LogP contribution is 2.60. The minimum Gasteiger partial charge on any atom is -0.466 e. The summed E-state index contributed by atoms with van der Waals surface area (Å²) in [6.45, 7) is 2.85. The lowest BCUT2D eigenvalue weighted by Crippen LogP contribution is -2.55. The maximum Gasteiger partial charge on any atom is 0.312 e. The summed E-state index contributed by atoms with van der Waals surface area (Å²) in [4.78, 5) is 41.7. The van der Waals surface area contributed by atoms with E-state index >= 15 is 0 Å². The first-order valence-corrected chi connectivity index (χ1v) is 13.1. The molecule has 3 saturated heterocycles. The summed E-state index contributed by atoms with van der Waals surface area (Å²) in [5.74, 6) is -2.36. The van der Waals surface area contributed by atoms with Crippen LogP contribution in [0.1, 0.15) is 44.6 Å². The van der Waals surface area contributed by atoms with Crippen molar-refractivity contribution in [2.24, 2.45) is 11.8 Å². The highest BCUT2D eigenvalue weighted by atomic mass is 79.9. The first-order chi connectivity index (χ1) is 16.4. The number of likely N-dealkylation sites (tertiary alicyclic amines) is 1. The summed E-state index contributed by atoms with van der Waals surface area (Å²) in [6, 6.07) is 8.80. The highest BCUT2D eigenvalue weighted by molar-refractivity contribution is 9.09. The molecule has 0 aliphatic carbocycles. The van der Waals surface area contributed by atoms with Crippen molar-refractivity contribution in [3.63, 3.8) is 0 Å². The van der Waals surface area contributed by atoms with Crippen molar-refractivity contribution in [1.82, 2.24) is 10.2 Å². The van der Waals surface area contributed by atoms with Crippen molar-refractivity contribution >= 4 is 33.7 Å². The third kappa shape index (κ3) is 4.50. The second kappa shape index (κ2) is 10.7. The van der Waals surface area contributed by atoms with E-state index in [1.54, 1.807) is 11.8 Å². The lowest BCUT2D eigenvalue weighted by molar-refractivity contribution is -0.154. The molecule has 4 rings (SSSR count). The van der Waals surface area contributed by atoms with Crippen molar-refractivity contribution in [3.8, 4) is 0 Å². The van der Waals surface area contributed by atoms with E-state index in [1.165, 1.54) is 0 Å². The Labute approximate surface area is 208 Å². The lowest BCUT2D eigenvalue weighted by atomic mass is 9.70. The number of esters is 1. The van der Waals surface area contributed by atoms with E-state index in [0.29, 0.717) is 32.4 Å². The number of carbonyl (C=O) groups excluding carboxylic acids is 3. The fourth-order valence-electron chi connectivity index (χ4n) is 5.81. The van der Waals surface area contributed by atoms with Gasteiger partial charge in [0.15, 0.2) is 0 Å². The summed E-state index contributed by atoms with van der Waals surface area (Å²) in [5, 5.41) is 12.0. The molecule has 1 aromatic rings. The maximum absolute atomic E-state index is 13.7. The Hall–Kier alpha value is -1.97. The minimum atomic E-state index is -1.06. The van der Waals surface area contributed by atoms with Crippen LogP contribution >= 0.6 is 15.9 Å². The van der Waals surface area contributed by atoms with Crippen molar-refractivity contribution in [2.75, 3.05) is 19.8 Å². The Morgan fingerprint density at radius 2 is 1.97 bits per heavy atom. The number of aliphatic hydroxyl groups excluding tert-OH is 1. The monoisotopic (exact) mass is 536 g/mol. The molecule has 0 radical (unpaired) electrons. The van der Waals surface area contributed by atoms with Crippen LogP contribution in [0, 0.1) is 11.8 Å². The third-order valence-electron chi connectivity index (χ3n) is 7.21. The maximum atomic E-state index is 13.7. The number of unbranched alkanes of at least 4 members (excludes halogenated alkanes) is 3. The Kier molecular flexibility index (Phi) is 7.94. The van der Waals surface area contributed by atoms with Gasteiger partial charge in [0.2, 0.25) is 11.8 Å². The number of benzene rings is 1. The smallest absolute Gasteiger partial charge is 0.312 e. The molecule has 1 aromatic carbocycles. The van der Waals surface area contributed by atoms with Gasteiger partial charge in [0, 0.05) is 24.5 Å². The summed E-state index contributed by atoms with van der Waals surface area (Å²) in [5.41, 5.74) is -0.0941. The lowest BCUT2D eigenvalue weighted by Gasteiger charge is -2.34. The van der Waals surface area contributed by atoms with Gasteiger partial charge in [-0.15, -0.1) is 0 Å². The number of alkyl halides is 1. The molecule has 2 bridgehead atoms. The standard InChI is InChI=1S/C25H33BrN2O6/c1-2-33-24(32)18-19-23(31)28(12-8-3-4-9-13-29)21(25(19)14-17(26)20(18)34-25)22(30)27-15-16-10-6-5-7-11-16/h5-7,10-11,17-21,29H,2-4,8-9,12-15H2,1H3,(H,27,30)/t17?,18-,19+,20-,21-,25+/m0/s1. The summed E-state index contributed by atoms with van der Waals surface area (Å²) in [6.07, 6.45) is 3.10. The number of amides is 2. The van der Waals surface area contributed by atoms with Crippen LogP contribution in [0.25, 0.3) is 0 Å². The van der Waals surface area contributed by atoms with E-state index in [0.717, 1.165) is 18.4 Å². The number of rotatable bonds is 11. The predicted octanol–water partition coefficient (Wildman–Crippen LogP) is 2.17. The van der Waals surface area contributed by atoms with Gasteiger partial charge in [0.25, 0.3) is 0 Å².